The number of rotatable bonds is 10. The highest BCUT2D eigenvalue weighted by Crippen LogP contribution is 2.31. The van der Waals surface area contributed by atoms with Crippen LogP contribution in [0.5, 0.6) is 5.75 Å². The molecule has 0 heterocycles. The van der Waals surface area contributed by atoms with Crippen LogP contribution in [-0.2, 0) is 26.2 Å². The van der Waals surface area contributed by atoms with E-state index in [1.54, 1.807) is 19.1 Å². The average Bonchev–Trinajstić information content (AvgIpc) is 3.32. The van der Waals surface area contributed by atoms with E-state index in [2.05, 4.69) is 5.32 Å². The van der Waals surface area contributed by atoms with Gasteiger partial charge in [-0.2, -0.15) is 0 Å². The molecule has 0 aliphatic heterocycles. The molecule has 0 spiro atoms. The van der Waals surface area contributed by atoms with Gasteiger partial charge in [-0.15, -0.1) is 0 Å². The van der Waals surface area contributed by atoms with Crippen LogP contribution in [0.4, 0.5) is 5.69 Å². The Morgan fingerprint density at radius 1 is 1.08 bits per heavy atom. The van der Waals surface area contributed by atoms with Gasteiger partial charge < -0.3 is 15.0 Å². The van der Waals surface area contributed by atoms with E-state index < -0.39 is 28.5 Å². The number of carbonyl (C=O) groups excluding carboxylic acids is 2. The summed E-state index contributed by atoms with van der Waals surface area (Å²) in [6.07, 6.45) is 5.07. The molecule has 9 heteroatoms. The summed E-state index contributed by atoms with van der Waals surface area (Å²) in [5, 5.41) is 3.07. The molecule has 0 radical (unpaired) electrons. The molecule has 0 aromatic heterocycles. The van der Waals surface area contributed by atoms with Crippen LogP contribution >= 0.6 is 0 Å². The molecule has 1 saturated carbocycles. The molecule has 36 heavy (non-hydrogen) atoms. The number of amides is 2. The van der Waals surface area contributed by atoms with Crippen LogP contribution in [0.3, 0.4) is 0 Å². The third kappa shape index (κ3) is 7.00. The number of sulfonamides is 1. The van der Waals surface area contributed by atoms with Crippen LogP contribution in [0.25, 0.3) is 0 Å². The van der Waals surface area contributed by atoms with Gasteiger partial charge in [-0.25, -0.2) is 8.42 Å². The highest BCUT2D eigenvalue weighted by atomic mass is 32.2. The molecule has 1 fully saturated rings. The number of anilines is 1. The van der Waals surface area contributed by atoms with Crippen molar-refractivity contribution in [2.24, 2.45) is 0 Å². The summed E-state index contributed by atoms with van der Waals surface area (Å²) in [5.41, 5.74) is 3.01. The molecule has 196 valence electrons. The van der Waals surface area contributed by atoms with Gasteiger partial charge in [-0.1, -0.05) is 48.7 Å². The van der Waals surface area contributed by atoms with Crippen LogP contribution in [0.1, 0.15) is 49.3 Å². The number of nitrogens with zero attached hydrogens (tertiary/aromatic N) is 2. The third-order valence-corrected chi connectivity index (χ3v) is 7.71. The van der Waals surface area contributed by atoms with Crippen LogP contribution in [-0.4, -0.2) is 57.1 Å². The predicted octanol–water partition coefficient (Wildman–Crippen LogP) is 3.55. The van der Waals surface area contributed by atoms with Crippen molar-refractivity contribution in [2.75, 3.05) is 24.2 Å². The first-order valence-corrected chi connectivity index (χ1v) is 14.1. The van der Waals surface area contributed by atoms with Gasteiger partial charge in [0.1, 0.15) is 18.3 Å². The second-order valence-corrected chi connectivity index (χ2v) is 11.5. The summed E-state index contributed by atoms with van der Waals surface area (Å²) >= 11 is 0. The molecule has 0 saturated heterocycles. The van der Waals surface area contributed by atoms with Crippen molar-refractivity contribution < 1.29 is 22.7 Å². The summed E-state index contributed by atoms with van der Waals surface area (Å²) in [4.78, 5) is 28.3. The van der Waals surface area contributed by atoms with E-state index in [1.807, 2.05) is 44.2 Å². The summed E-state index contributed by atoms with van der Waals surface area (Å²) in [6, 6.07) is 12.2. The minimum Gasteiger partial charge on any atom is -0.495 e. The van der Waals surface area contributed by atoms with Crippen molar-refractivity contribution in [1.29, 1.82) is 0 Å². The van der Waals surface area contributed by atoms with Gasteiger partial charge in [0.15, 0.2) is 0 Å². The van der Waals surface area contributed by atoms with Crippen molar-refractivity contribution in [1.82, 2.24) is 10.2 Å². The lowest BCUT2D eigenvalue weighted by atomic mass is 10.1. The van der Waals surface area contributed by atoms with E-state index in [0.29, 0.717) is 5.75 Å². The van der Waals surface area contributed by atoms with Crippen LogP contribution in [0.2, 0.25) is 0 Å². The fraction of sp³-hybridized carbons (Fsp3) is 0.481. The first-order chi connectivity index (χ1) is 17.0. The van der Waals surface area contributed by atoms with Crippen molar-refractivity contribution in [2.45, 2.75) is 65.1 Å². The smallest absolute Gasteiger partial charge is 0.244 e. The number of ether oxygens (including phenoxy) is 1. The first-order valence-electron chi connectivity index (χ1n) is 12.3. The summed E-state index contributed by atoms with van der Waals surface area (Å²) in [6.45, 7) is 5.22. The summed E-state index contributed by atoms with van der Waals surface area (Å²) in [7, 11) is -2.38. The molecular weight excluding hydrogens is 478 g/mol. The van der Waals surface area contributed by atoms with Crippen LogP contribution in [0.15, 0.2) is 42.5 Å². The molecule has 1 N–H and O–H groups in total. The topological polar surface area (TPSA) is 96.0 Å². The minimum absolute atomic E-state index is 0.111. The van der Waals surface area contributed by atoms with Crippen molar-refractivity contribution >= 4 is 27.5 Å². The maximum absolute atomic E-state index is 13.7. The van der Waals surface area contributed by atoms with Gasteiger partial charge in [0.05, 0.1) is 19.1 Å². The van der Waals surface area contributed by atoms with Crippen LogP contribution < -0.4 is 14.4 Å². The van der Waals surface area contributed by atoms with Gasteiger partial charge >= 0.3 is 0 Å². The molecule has 2 aromatic rings. The lowest BCUT2D eigenvalue weighted by molar-refractivity contribution is -0.139. The van der Waals surface area contributed by atoms with Gasteiger partial charge in [0.25, 0.3) is 0 Å². The Hall–Kier alpha value is -3.07. The zero-order valence-corrected chi connectivity index (χ0v) is 22.6. The SMILES string of the molecule is COc1ccc(C)cc1N(CC(=O)N(Cc1cccc(C)c1)C(C)C(=O)NC1CCCC1)S(C)(=O)=O. The van der Waals surface area contributed by atoms with Crippen LogP contribution in [0, 0.1) is 13.8 Å². The Bertz CT molecular complexity index is 1190. The van der Waals surface area contributed by atoms with Gasteiger partial charge in [0.2, 0.25) is 21.8 Å². The largest absolute Gasteiger partial charge is 0.495 e. The lowest BCUT2D eigenvalue weighted by Gasteiger charge is -2.32. The van der Waals surface area contributed by atoms with E-state index in [4.69, 9.17) is 4.74 Å². The van der Waals surface area contributed by atoms with E-state index in [9.17, 15) is 18.0 Å². The molecule has 8 nitrogen and oxygen atoms in total. The molecule has 1 unspecified atom stereocenters. The van der Waals surface area contributed by atoms with Gasteiger partial charge in [-0.3, -0.25) is 13.9 Å². The average molecular weight is 516 g/mol. The molecule has 0 bridgehead atoms. The number of nitrogens with one attached hydrogen (secondary N) is 1. The van der Waals surface area contributed by atoms with Gasteiger partial charge in [0, 0.05) is 12.6 Å². The molecule has 1 aliphatic carbocycles. The van der Waals surface area contributed by atoms with E-state index in [1.165, 1.54) is 12.0 Å². The third-order valence-electron chi connectivity index (χ3n) is 6.59. The summed E-state index contributed by atoms with van der Waals surface area (Å²) < 4.78 is 32.1. The Kier molecular flexibility index (Phi) is 9.00. The zero-order chi connectivity index (χ0) is 26.5. The summed E-state index contributed by atoms with van der Waals surface area (Å²) in [5.74, 6) is -0.363. The molecular formula is C27H37N3O5S. The Morgan fingerprint density at radius 2 is 1.75 bits per heavy atom. The Labute approximate surface area is 214 Å². The second-order valence-electron chi connectivity index (χ2n) is 9.62. The Balaban J connectivity index is 1.93. The zero-order valence-electron chi connectivity index (χ0n) is 21.8. The van der Waals surface area contributed by atoms with Crippen molar-refractivity contribution in [3.8, 4) is 5.75 Å². The van der Waals surface area contributed by atoms with E-state index in [0.717, 1.165) is 52.9 Å². The van der Waals surface area contributed by atoms with Crippen molar-refractivity contribution in [3.05, 3.63) is 59.2 Å². The number of hydrogen-bond donors (Lipinski definition) is 1. The molecule has 2 aromatic carbocycles. The maximum Gasteiger partial charge on any atom is 0.244 e. The number of aryl methyl sites for hydroxylation is 2. The number of methoxy groups -OCH3 is 1. The molecule has 1 aliphatic rings. The molecule has 3 rings (SSSR count). The number of benzene rings is 2. The van der Waals surface area contributed by atoms with Crippen molar-refractivity contribution in [3.63, 3.8) is 0 Å². The lowest BCUT2D eigenvalue weighted by Crippen LogP contribution is -2.52. The Morgan fingerprint density at radius 3 is 2.36 bits per heavy atom. The highest BCUT2D eigenvalue weighted by Gasteiger charge is 2.32. The first kappa shape index (κ1) is 27.5. The fourth-order valence-corrected chi connectivity index (χ4v) is 5.42. The minimum atomic E-state index is -3.83. The second kappa shape index (κ2) is 11.8. The van der Waals surface area contributed by atoms with E-state index >= 15 is 0 Å². The predicted molar refractivity (Wildman–Crippen MR) is 142 cm³/mol. The standard InChI is InChI=1S/C27H37N3O5S/c1-19-9-8-10-22(15-19)17-29(21(3)27(32)28-23-11-6-7-12-23)26(31)18-30(36(5,33)34)24-16-20(2)13-14-25(24)35-4/h8-10,13-16,21,23H,6-7,11-12,17-18H2,1-5H3,(H,28,32). The fourth-order valence-electron chi connectivity index (χ4n) is 4.57. The normalized spacial score (nSPS) is 14.8. The van der Waals surface area contributed by atoms with Gasteiger partial charge in [-0.05, 0) is 56.9 Å². The monoisotopic (exact) mass is 515 g/mol. The number of hydrogen-bond acceptors (Lipinski definition) is 5. The quantitative estimate of drug-likeness (QED) is 0.522. The number of carbonyl (C=O) groups is 2. The van der Waals surface area contributed by atoms with E-state index in [-0.39, 0.29) is 24.2 Å². The maximum atomic E-state index is 13.7. The molecule has 1 atom stereocenters. The molecule has 2 amide bonds. The highest BCUT2D eigenvalue weighted by molar-refractivity contribution is 7.92.